The van der Waals surface area contributed by atoms with Gasteiger partial charge in [-0.1, -0.05) is 0 Å². The molecule has 21 heavy (non-hydrogen) atoms. The van der Waals surface area contributed by atoms with E-state index in [0.717, 1.165) is 0 Å². The number of hydrogen-bond donors (Lipinski definition) is 2. The maximum atomic E-state index is 13.0. The van der Waals surface area contributed by atoms with Crippen LogP contribution < -0.4 is 4.72 Å². The van der Waals surface area contributed by atoms with Gasteiger partial charge in [0.1, 0.15) is 0 Å². The molecule has 1 atom stereocenters. The highest BCUT2D eigenvalue weighted by Crippen LogP contribution is 2.19. The summed E-state index contributed by atoms with van der Waals surface area (Å²) in [7, 11) is -4.26. The summed E-state index contributed by atoms with van der Waals surface area (Å²) in [5.74, 6) is -4.95. The molecule has 1 unspecified atom stereocenters. The fourth-order valence-corrected chi connectivity index (χ4v) is 3.31. The van der Waals surface area contributed by atoms with E-state index in [4.69, 9.17) is 0 Å². The van der Waals surface area contributed by atoms with E-state index in [-0.39, 0.29) is 6.54 Å². The zero-order valence-electron chi connectivity index (χ0n) is 10.4. The monoisotopic (exact) mass is 337 g/mol. The molecule has 0 aliphatic heterocycles. The second-order valence-corrected chi connectivity index (χ2v) is 6.67. The highest BCUT2D eigenvalue weighted by molar-refractivity contribution is 7.89. The molecule has 0 aliphatic rings. The Morgan fingerprint density at radius 1 is 1.24 bits per heavy atom. The van der Waals surface area contributed by atoms with E-state index in [9.17, 15) is 26.7 Å². The van der Waals surface area contributed by atoms with Crippen molar-refractivity contribution in [3.8, 4) is 0 Å². The average Bonchev–Trinajstić information content (AvgIpc) is 2.95. The van der Waals surface area contributed by atoms with Crippen LogP contribution in [0.4, 0.5) is 13.2 Å². The minimum absolute atomic E-state index is 0.373. The molecule has 2 aromatic rings. The van der Waals surface area contributed by atoms with Crippen molar-refractivity contribution in [1.29, 1.82) is 0 Å². The van der Waals surface area contributed by atoms with Gasteiger partial charge in [0.05, 0.1) is 11.0 Å². The molecular weight excluding hydrogens is 327 g/mol. The highest BCUT2D eigenvalue weighted by atomic mass is 32.2. The standard InChI is InChI=1S/C12H10F3NO3S2/c13-9-3-8(4-10(14)12(9)15)21(18,19)16-5-11(17)7-1-2-20-6-7/h1-4,6,11,16-17H,5H2. The van der Waals surface area contributed by atoms with Crippen LogP contribution in [0.3, 0.4) is 0 Å². The summed E-state index contributed by atoms with van der Waals surface area (Å²) in [6.07, 6.45) is -1.10. The number of nitrogens with one attached hydrogen (secondary N) is 1. The molecule has 0 fully saturated rings. The van der Waals surface area contributed by atoms with Crippen LogP contribution in [0.1, 0.15) is 11.7 Å². The molecule has 0 spiro atoms. The second-order valence-electron chi connectivity index (χ2n) is 4.13. The van der Waals surface area contributed by atoms with E-state index in [1.54, 1.807) is 16.8 Å². The molecule has 0 bridgehead atoms. The van der Waals surface area contributed by atoms with Gasteiger partial charge >= 0.3 is 0 Å². The molecule has 1 aromatic carbocycles. The van der Waals surface area contributed by atoms with Crippen molar-refractivity contribution in [1.82, 2.24) is 4.72 Å². The lowest BCUT2D eigenvalue weighted by Gasteiger charge is -2.11. The molecule has 0 radical (unpaired) electrons. The highest BCUT2D eigenvalue weighted by Gasteiger charge is 2.21. The van der Waals surface area contributed by atoms with Crippen LogP contribution in [0.5, 0.6) is 0 Å². The van der Waals surface area contributed by atoms with Gasteiger partial charge < -0.3 is 5.11 Å². The fourth-order valence-electron chi connectivity index (χ4n) is 1.54. The van der Waals surface area contributed by atoms with E-state index >= 15 is 0 Å². The van der Waals surface area contributed by atoms with Crippen molar-refractivity contribution in [2.75, 3.05) is 6.54 Å². The predicted molar refractivity (Wildman–Crippen MR) is 70.8 cm³/mol. The maximum absolute atomic E-state index is 13.0. The van der Waals surface area contributed by atoms with Crippen LogP contribution in [0.15, 0.2) is 33.9 Å². The third-order valence-electron chi connectivity index (χ3n) is 2.66. The lowest BCUT2D eigenvalue weighted by Crippen LogP contribution is -2.28. The smallest absolute Gasteiger partial charge is 0.240 e. The molecule has 0 amide bonds. The SMILES string of the molecule is O=S(=O)(NCC(O)c1ccsc1)c1cc(F)c(F)c(F)c1. The van der Waals surface area contributed by atoms with E-state index < -0.39 is 38.5 Å². The van der Waals surface area contributed by atoms with Gasteiger partial charge in [-0.05, 0) is 34.5 Å². The molecule has 1 aromatic heterocycles. The Bertz CT molecular complexity index is 709. The molecule has 0 saturated carbocycles. The van der Waals surface area contributed by atoms with Gasteiger partial charge in [-0.2, -0.15) is 11.3 Å². The first-order valence-electron chi connectivity index (χ1n) is 5.65. The summed E-state index contributed by atoms with van der Waals surface area (Å²) in [6.45, 7) is -0.375. The van der Waals surface area contributed by atoms with Crippen molar-refractivity contribution in [3.05, 3.63) is 52.0 Å². The summed E-state index contributed by atoms with van der Waals surface area (Å²) < 4.78 is 64.6. The Hall–Kier alpha value is -1.42. The van der Waals surface area contributed by atoms with Gasteiger partial charge in [0.15, 0.2) is 17.5 Å². The van der Waals surface area contributed by atoms with E-state index in [0.29, 0.717) is 17.7 Å². The first-order chi connectivity index (χ1) is 9.81. The summed E-state index contributed by atoms with van der Waals surface area (Å²) in [5.41, 5.74) is 0.513. The number of rotatable bonds is 5. The Labute approximate surface area is 122 Å². The lowest BCUT2D eigenvalue weighted by molar-refractivity contribution is 0.182. The lowest BCUT2D eigenvalue weighted by atomic mass is 10.2. The van der Waals surface area contributed by atoms with Crippen molar-refractivity contribution < 1.29 is 26.7 Å². The third kappa shape index (κ3) is 3.62. The Morgan fingerprint density at radius 3 is 2.38 bits per heavy atom. The minimum atomic E-state index is -4.26. The van der Waals surface area contributed by atoms with Crippen LogP contribution in [-0.2, 0) is 10.0 Å². The number of sulfonamides is 1. The molecule has 4 nitrogen and oxygen atoms in total. The molecule has 114 valence electrons. The normalized spacial score (nSPS) is 13.3. The summed E-state index contributed by atoms with van der Waals surface area (Å²) in [4.78, 5) is -0.753. The first kappa shape index (κ1) is 16.0. The van der Waals surface area contributed by atoms with Crippen LogP contribution in [0, 0.1) is 17.5 Å². The van der Waals surface area contributed by atoms with Crippen LogP contribution in [0.25, 0.3) is 0 Å². The number of benzene rings is 1. The van der Waals surface area contributed by atoms with Crippen molar-refractivity contribution in [3.63, 3.8) is 0 Å². The number of halogens is 3. The van der Waals surface area contributed by atoms with E-state index in [1.165, 1.54) is 11.3 Å². The number of thiophene rings is 1. The summed E-state index contributed by atoms with van der Waals surface area (Å²) >= 11 is 1.33. The Balaban J connectivity index is 2.15. The van der Waals surface area contributed by atoms with E-state index in [1.807, 2.05) is 4.72 Å². The van der Waals surface area contributed by atoms with Crippen molar-refractivity contribution >= 4 is 21.4 Å². The fraction of sp³-hybridized carbons (Fsp3) is 0.167. The number of aliphatic hydroxyl groups is 1. The average molecular weight is 337 g/mol. The van der Waals surface area contributed by atoms with Crippen molar-refractivity contribution in [2.45, 2.75) is 11.0 Å². The minimum Gasteiger partial charge on any atom is -0.387 e. The van der Waals surface area contributed by atoms with Crippen molar-refractivity contribution in [2.24, 2.45) is 0 Å². The van der Waals surface area contributed by atoms with Gasteiger partial charge in [-0.15, -0.1) is 0 Å². The van der Waals surface area contributed by atoms with Gasteiger partial charge in [-0.3, -0.25) is 0 Å². The van der Waals surface area contributed by atoms with Gasteiger partial charge in [0, 0.05) is 6.54 Å². The second kappa shape index (κ2) is 6.14. The first-order valence-corrected chi connectivity index (χ1v) is 8.08. The molecule has 2 rings (SSSR count). The zero-order valence-corrected chi connectivity index (χ0v) is 12.0. The summed E-state index contributed by atoms with van der Waals surface area (Å²) in [5, 5.41) is 13.1. The van der Waals surface area contributed by atoms with Crippen LogP contribution in [0.2, 0.25) is 0 Å². The topological polar surface area (TPSA) is 66.4 Å². The molecule has 1 heterocycles. The van der Waals surface area contributed by atoms with Gasteiger partial charge in [-0.25, -0.2) is 26.3 Å². The quantitative estimate of drug-likeness (QED) is 0.822. The molecule has 2 N–H and O–H groups in total. The molecule has 0 saturated heterocycles. The maximum Gasteiger partial charge on any atom is 0.240 e. The Kier molecular flexibility index (Phi) is 4.67. The molecule has 9 heteroatoms. The number of hydrogen-bond acceptors (Lipinski definition) is 4. The third-order valence-corrected chi connectivity index (χ3v) is 4.77. The van der Waals surface area contributed by atoms with Crippen LogP contribution in [-0.4, -0.2) is 20.1 Å². The van der Waals surface area contributed by atoms with Crippen LogP contribution >= 0.6 is 11.3 Å². The largest absolute Gasteiger partial charge is 0.387 e. The zero-order chi connectivity index (χ0) is 15.6. The van der Waals surface area contributed by atoms with Gasteiger partial charge in [0.25, 0.3) is 0 Å². The molecule has 0 aliphatic carbocycles. The number of aliphatic hydroxyl groups excluding tert-OH is 1. The molecular formula is C12H10F3NO3S2. The van der Waals surface area contributed by atoms with Gasteiger partial charge in [0.2, 0.25) is 10.0 Å². The predicted octanol–water partition coefficient (Wildman–Crippen LogP) is 2.18. The Morgan fingerprint density at radius 2 is 1.86 bits per heavy atom. The van der Waals surface area contributed by atoms with E-state index in [2.05, 4.69) is 0 Å². The summed E-state index contributed by atoms with van der Waals surface area (Å²) in [6, 6.07) is 2.36.